The van der Waals surface area contributed by atoms with Gasteiger partial charge in [-0.2, -0.15) is 8.42 Å². The highest BCUT2D eigenvalue weighted by molar-refractivity contribution is 7.87. The highest BCUT2D eigenvalue weighted by Gasteiger charge is 2.05. The molecule has 0 amide bonds. The highest BCUT2D eigenvalue weighted by Crippen LogP contribution is 2.15. The Morgan fingerprint density at radius 3 is 2.46 bits per heavy atom. The van der Waals surface area contributed by atoms with Crippen molar-refractivity contribution in [3.05, 3.63) is 24.3 Å². The molecule has 1 aromatic carbocycles. The Balaban J connectivity index is 2.90. The van der Waals surface area contributed by atoms with Crippen LogP contribution in [0.25, 0.3) is 0 Å². The van der Waals surface area contributed by atoms with Crippen LogP contribution in [-0.4, -0.2) is 8.42 Å². The smallest absolute Gasteiger partial charge is 0.324 e. The van der Waals surface area contributed by atoms with E-state index < -0.39 is 10.4 Å². The maximum absolute atomic E-state index is 12.1. The average molecular weight is 205 g/mol. The fourth-order valence-electron chi connectivity index (χ4n) is 0.813. The summed E-state index contributed by atoms with van der Waals surface area (Å²) in [7, 11) is -4.72. The molecular formula is C6H8FN3O2S. The van der Waals surface area contributed by atoms with Gasteiger partial charge < -0.3 is 5.43 Å². The molecule has 0 radical (unpaired) electrons. The Hall–Kier alpha value is -1.34. The van der Waals surface area contributed by atoms with E-state index in [1.807, 2.05) is 0 Å². The van der Waals surface area contributed by atoms with Gasteiger partial charge in [0.15, 0.2) is 0 Å². The second kappa shape index (κ2) is 3.58. The van der Waals surface area contributed by atoms with Crippen LogP contribution in [0.15, 0.2) is 24.3 Å². The molecule has 0 fully saturated rings. The maximum atomic E-state index is 12.1. The zero-order chi connectivity index (χ0) is 9.90. The second-order valence-electron chi connectivity index (χ2n) is 2.27. The van der Waals surface area contributed by atoms with Crippen LogP contribution in [0.2, 0.25) is 0 Å². The van der Waals surface area contributed by atoms with Gasteiger partial charge >= 0.3 is 10.4 Å². The number of benzene rings is 1. The summed E-state index contributed by atoms with van der Waals surface area (Å²) in [4.78, 5) is 0. The van der Waals surface area contributed by atoms with Crippen LogP contribution in [0.5, 0.6) is 0 Å². The SMILES string of the molecule is NNc1cccc(NS(=O)(=O)F)c1. The van der Waals surface area contributed by atoms with E-state index >= 15 is 0 Å². The van der Waals surface area contributed by atoms with Gasteiger partial charge in [-0.3, -0.25) is 10.6 Å². The molecular weight excluding hydrogens is 197 g/mol. The van der Waals surface area contributed by atoms with E-state index in [9.17, 15) is 12.3 Å². The van der Waals surface area contributed by atoms with Crippen molar-refractivity contribution >= 4 is 21.8 Å². The molecule has 0 aliphatic heterocycles. The fourth-order valence-corrected chi connectivity index (χ4v) is 1.22. The van der Waals surface area contributed by atoms with Gasteiger partial charge in [-0.25, -0.2) is 0 Å². The summed E-state index contributed by atoms with van der Waals surface area (Å²) in [6, 6.07) is 5.90. The molecule has 7 heteroatoms. The van der Waals surface area contributed by atoms with Gasteiger partial charge in [0, 0.05) is 0 Å². The van der Waals surface area contributed by atoms with Crippen molar-refractivity contribution in [2.45, 2.75) is 0 Å². The number of anilines is 2. The minimum atomic E-state index is -4.72. The Morgan fingerprint density at radius 2 is 1.92 bits per heavy atom. The number of nitrogens with one attached hydrogen (secondary N) is 2. The summed E-state index contributed by atoms with van der Waals surface area (Å²) < 4.78 is 34.1. The van der Waals surface area contributed by atoms with Gasteiger partial charge in [0.25, 0.3) is 0 Å². The van der Waals surface area contributed by atoms with E-state index in [2.05, 4.69) is 5.43 Å². The van der Waals surface area contributed by atoms with Crippen LogP contribution in [0.3, 0.4) is 0 Å². The van der Waals surface area contributed by atoms with Crippen molar-refractivity contribution in [2.75, 3.05) is 10.1 Å². The number of hydrogen-bond acceptors (Lipinski definition) is 4. The highest BCUT2D eigenvalue weighted by atomic mass is 32.3. The standard InChI is InChI=1S/C6H8FN3O2S/c7-13(11,12)10-6-3-1-2-5(4-6)9-8/h1-4,9-10H,8H2. The molecule has 4 N–H and O–H groups in total. The van der Waals surface area contributed by atoms with E-state index in [0.29, 0.717) is 5.69 Å². The van der Waals surface area contributed by atoms with Crippen LogP contribution in [0.4, 0.5) is 15.3 Å². The van der Waals surface area contributed by atoms with Gasteiger partial charge in [0.05, 0.1) is 11.4 Å². The van der Waals surface area contributed by atoms with E-state index in [4.69, 9.17) is 5.84 Å². The first kappa shape index (κ1) is 9.75. The van der Waals surface area contributed by atoms with Crippen LogP contribution in [0.1, 0.15) is 0 Å². The van der Waals surface area contributed by atoms with Crippen LogP contribution in [-0.2, 0) is 10.4 Å². The van der Waals surface area contributed by atoms with Crippen molar-refractivity contribution < 1.29 is 12.3 Å². The third-order valence-electron chi connectivity index (χ3n) is 1.27. The Morgan fingerprint density at radius 1 is 1.31 bits per heavy atom. The molecule has 0 heterocycles. The maximum Gasteiger partial charge on any atom is 0.396 e. The van der Waals surface area contributed by atoms with E-state index in [1.54, 1.807) is 10.8 Å². The van der Waals surface area contributed by atoms with Crippen molar-refractivity contribution in [1.29, 1.82) is 0 Å². The number of hydrogen-bond donors (Lipinski definition) is 3. The minimum Gasteiger partial charge on any atom is -0.324 e. The lowest BCUT2D eigenvalue weighted by Crippen LogP contribution is -2.08. The predicted molar refractivity (Wildman–Crippen MR) is 47.9 cm³/mol. The third-order valence-corrected chi connectivity index (χ3v) is 1.75. The second-order valence-corrected chi connectivity index (χ2v) is 3.34. The van der Waals surface area contributed by atoms with Crippen molar-refractivity contribution in [3.63, 3.8) is 0 Å². The monoisotopic (exact) mass is 205 g/mol. The average Bonchev–Trinajstić information content (AvgIpc) is 2.01. The first-order valence-corrected chi connectivity index (χ1v) is 4.69. The van der Waals surface area contributed by atoms with E-state index in [1.165, 1.54) is 18.2 Å². The van der Waals surface area contributed by atoms with Crippen molar-refractivity contribution in [1.82, 2.24) is 0 Å². The van der Waals surface area contributed by atoms with Crippen LogP contribution < -0.4 is 16.0 Å². The van der Waals surface area contributed by atoms with Crippen LogP contribution in [0, 0.1) is 0 Å². The van der Waals surface area contributed by atoms with Gasteiger partial charge in [-0.1, -0.05) is 9.95 Å². The normalized spacial score (nSPS) is 10.9. The summed E-state index contributed by atoms with van der Waals surface area (Å²) in [5.41, 5.74) is 2.89. The zero-order valence-corrected chi connectivity index (χ0v) is 7.31. The third kappa shape index (κ3) is 3.26. The summed E-state index contributed by atoms with van der Waals surface area (Å²) in [6.07, 6.45) is 0. The first-order valence-electron chi connectivity index (χ1n) is 3.30. The molecule has 72 valence electrons. The lowest BCUT2D eigenvalue weighted by molar-refractivity contribution is 0.558. The lowest BCUT2D eigenvalue weighted by atomic mass is 10.3. The minimum absolute atomic E-state index is 0.109. The molecule has 0 aromatic heterocycles. The number of hydrazine groups is 1. The molecule has 0 aliphatic rings. The van der Waals surface area contributed by atoms with E-state index in [0.717, 1.165) is 0 Å². The lowest BCUT2D eigenvalue weighted by Gasteiger charge is -2.03. The largest absolute Gasteiger partial charge is 0.396 e. The van der Waals surface area contributed by atoms with Gasteiger partial charge in [0.1, 0.15) is 0 Å². The molecule has 0 spiro atoms. The number of nitrogens with two attached hydrogens (primary N) is 1. The van der Waals surface area contributed by atoms with Crippen molar-refractivity contribution in [2.24, 2.45) is 5.84 Å². The number of rotatable bonds is 3. The molecule has 0 aliphatic carbocycles. The molecule has 13 heavy (non-hydrogen) atoms. The van der Waals surface area contributed by atoms with E-state index in [-0.39, 0.29) is 5.69 Å². The van der Waals surface area contributed by atoms with Gasteiger partial charge in [-0.15, -0.1) is 0 Å². The molecule has 0 unspecified atom stereocenters. The quantitative estimate of drug-likeness (QED) is 0.383. The molecule has 0 bridgehead atoms. The first-order chi connectivity index (χ1) is 6.01. The topological polar surface area (TPSA) is 84.2 Å². The zero-order valence-electron chi connectivity index (χ0n) is 6.49. The van der Waals surface area contributed by atoms with Crippen molar-refractivity contribution in [3.8, 4) is 0 Å². The van der Waals surface area contributed by atoms with Gasteiger partial charge in [-0.05, 0) is 18.2 Å². The molecule has 5 nitrogen and oxygen atoms in total. The Bertz CT molecular complexity index is 393. The molecule has 0 saturated carbocycles. The summed E-state index contributed by atoms with van der Waals surface area (Å²) in [5, 5.41) is 0. The molecule has 0 saturated heterocycles. The van der Waals surface area contributed by atoms with Crippen LogP contribution >= 0.6 is 0 Å². The number of halogens is 1. The Labute approximate surface area is 75.1 Å². The predicted octanol–water partition coefficient (Wildman–Crippen LogP) is 0.598. The number of nitrogen functional groups attached to an aromatic ring is 1. The summed E-state index contributed by atoms with van der Waals surface area (Å²) >= 11 is 0. The molecule has 1 aromatic rings. The van der Waals surface area contributed by atoms with Gasteiger partial charge in [0.2, 0.25) is 0 Å². The Kier molecular flexibility index (Phi) is 2.69. The molecule has 1 rings (SSSR count). The summed E-state index contributed by atoms with van der Waals surface area (Å²) in [6.45, 7) is 0. The summed E-state index contributed by atoms with van der Waals surface area (Å²) in [5.74, 6) is 5.06. The fraction of sp³-hybridized carbons (Fsp3) is 0. The molecule has 0 atom stereocenters.